The predicted octanol–water partition coefficient (Wildman–Crippen LogP) is 3.58. The zero-order valence-corrected chi connectivity index (χ0v) is 15.4. The van der Waals surface area contributed by atoms with Gasteiger partial charge in [-0.25, -0.2) is 0 Å². The standard InChI is InChI=1S/C22H21N3O3/c26-20(13-15-5-1-2-6-15)23-17-11-9-16(10-12-17)22(28)25-14-21(27)24-18-7-3-4-8-19(18)25/h1,3-5,7-12,15H,2,6,13-14H2,(H,23,26)(H,24,27). The van der Waals surface area contributed by atoms with Gasteiger partial charge in [-0.1, -0.05) is 24.3 Å². The highest BCUT2D eigenvalue weighted by Gasteiger charge is 2.27. The Hall–Kier alpha value is -3.41. The molecule has 2 aliphatic rings. The summed E-state index contributed by atoms with van der Waals surface area (Å²) in [5, 5.41) is 5.65. The minimum Gasteiger partial charge on any atom is -0.326 e. The number of para-hydroxylation sites is 2. The van der Waals surface area contributed by atoms with Crippen molar-refractivity contribution in [2.24, 2.45) is 5.92 Å². The third-order valence-corrected chi connectivity index (χ3v) is 4.99. The average molecular weight is 375 g/mol. The van der Waals surface area contributed by atoms with Gasteiger partial charge in [0.25, 0.3) is 5.91 Å². The van der Waals surface area contributed by atoms with Gasteiger partial charge >= 0.3 is 0 Å². The fourth-order valence-corrected chi connectivity index (χ4v) is 3.58. The molecule has 1 heterocycles. The van der Waals surface area contributed by atoms with Gasteiger partial charge in [0.15, 0.2) is 0 Å². The quantitative estimate of drug-likeness (QED) is 0.802. The van der Waals surface area contributed by atoms with Crippen molar-refractivity contribution < 1.29 is 14.4 Å². The molecule has 142 valence electrons. The van der Waals surface area contributed by atoms with Gasteiger partial charge in [-0.15, -0.1) is 0 Å². The van der Waals surface area contributed by atoms with Crippen LogP contribution in [0.2, 0.25) is 0 Å². The first kappa shape index (κ1) is 18.0. The van der Waals surface area contributed by atoms with Crippen LogP contribution in [0.15, 0.2) is 60.7 Å². The predicted molar refractivity (Wildman–Crippen MR) is 108 cm³/mol. The summed E-state index contributed by atoms with van der Waals surface area (Å²) in [5.74, 6) is -0.198. The first-order valence-corrected chi connectivity index (χ1v) is 9.37. The molecule has 0 saturated heterocycles. The van der Waals surface area contributed by atoms with E-state index in [1.54, 1.807) is 36.4 Å². The van der Waals surface area contributed by atoms with Gasteiger partial charge in [-0.2, -0.15) is 0 Å². The number of nitrogens with one attached hydrogen (secondary N) is 2. The molecule has 1 atom stereocenters. The monoisotopic (exact) mass is 375 g/mol. The van der Waals surface area contributed by atoms with Crippen LogP contribution in [0.5, 0.6) is 0 Å². The number of anilines is 3. The van der Waals surface area contributed by atoms with E-state index in [1.807, 2.05) is 12.1 Å². The molecule has 4 rings (SSSR count). The lowest BCUT2D eigenvalue weighted by molar-refractivity contribution is -0.117. The lowest BCUT2D eigenvalue weighted by atomic mass is 10.0. The molecule has 1 aliphatic heterocycles. The van der Waals surface area contributed by atoms with Gasteiger partial charge in [0.2, 0.25) is 11.8 Å². The molecule has 0 fully saturated rings. The van der Waals surface area contributed by atoms with Gasteiger partial charge in [0.1, 0.15) is 6.54 Å². The van der Waals surface area contributed by atoms with Crippen LogP contribution < -0.4 is 15.5 Å². The summed E-state index contributed by atoms with van der Waals surface area (Å²) in [7, 11) is 0. The van der Waals surface area contributed by atoms with Crippen molar-refractivity contribution in [2.75, 3.05) is 22.1 Å². The largest absolute Gasteiger partial charge is 0.326 e. The average Bonchev–Trinajstić information content (AvgIpc) is 3.20. The highest BCUT2D eigenvalue weighted by Crippen LogP contribution is 2.30. The van der Waals surface area contributed by atoms with E-state index in [2.05, 4.69) is 22.8 Å². The molecule has 6 nitrogen and oxygen atoms in total. The Kier molecular flexibility index (Phi) is 4.93. The van der Waals surface area contributed by atoms with Crippen LogP contribution >= 0.6 is 0 Å². The normalized spacial score (nSPS) is 17.8. The van der Waals surface area contributed by atoms with Crippen molar-refractivity contribution in [3.63, 3.8) is 0 Å². The number of carbonyl (C=O) groups excluding carboxylic acids is 3. The van der Waals surface area contributed by atoms with Crippen LogP contribution in [0.3, 0.4) is 0 Å². The summed E-state index contributed by atoms with van der Waals surface area (Å²) in [6.07, 6.45) is 6.72. The minimum absolute atomic E-state index is 0.0246. The molecular formula is C22H21N3O3. The Morgan fingerprint density at radius 3 is 2.64 bits per heavy atom. The molecule has 1 aliphatic carbocycles. The van der Waals surface area contributed by atoms with Gasteiger partial charge in [0.05, 0.1) is 11.4 Å². The van der Waals surface area contributed by atoms with Crippen molar-refractivity contribution in [2.45, 2.75) is 19.3 Å². The van der Waals surface area contributed by atoms with Crippen LogP contribution in [0.25, 0.3) is 0 Å². The van der Waals surface area contributed by atoms with E-state index in [9.17, 15) is 14.4 Å². The Morgan fingerprint density at radius 1 is 1.11 bits per heavy atom. The number of hydrogen-bond acceptors (Lipinski definition) is 3. The van der Waals surface area contributed by atoms with Gasteiger partial charge in [-0.3, -0.25) is 19.3 Å². The second-order valence-electron chi connectivity index (χ2n) is 7.05. The molecule has 0 radical (unpaired) electrons. The molecule has 0 spiro atoms. The molecular weight excluding hydrogens is 354 g/mol. The van der Waals surface area contributed by atoms with Gasteiger partial charge in [0, 0.05) is 17.7 Å². The molecule has 6 heteroatoms. The summed E-state index contributed by atoms with van der Waals surface area (Å²) in [5.41, 5.74) is 2.41. The lowest BCUT2D eigenvalue weighted by Gasteiger charge is -2.29. The zero-order valence-electron chi connectivity index (χ0n) is 15.4. The number of nitrogens with zero attached hydrogens (tertiary/aromatic N) is 1. The van der Waals surface area contributed by atoms with Crippen molar-refractivity contribution in [3.8, 4) is 0 Å². The maximum atomic E-state index is 12.9. The van der Waals surface area contributed by atoms with Crippen molar-refractivity contribution in [3.05, 3.63) is 66.2 Å². The summed E-state index contributed by atoms with van der Waals surface area (Å²) in [6.45, 7) is -0.0246. The lowest BCUT2D eigenvalue weighted by Crippen LogP contribution is -2.42. The Morgan fingerprint density at radius 2 is 1.89 bits per heavy atom. The molecule has 1 unspecified atom stereocenters. The molecule has 0 aromatic heterocycles. The Balaban J connectivity index is 1.45. The smallest absolute Gasteiger partial charge is 0.258 e. The number of hydrogen-bond donors (Lipinski definition) is 2. The number of allylic oxidation sites excluding steroid dienone is 2. The van der Waals surface area contributed by atoms with Crippen LogP contribution in [0, 0.1) is 5.92 Å². The Labute approximate surface area is 163 Å². The maximum Gasteiger partial charge on any atom is 0.258 e. The van der Waals surface area contributed by atoms with E-state index >= 15 is 0 Å². The fraction of sp³-hybridized carbons (Fsp3) is 0.227. The van der Waals surface area contributed by atoms with E-state index in [0.717, 1.165) is 12.8 Å². The zero-order chi connectivity index (χ0) is 19.5. The Bertz CT molecular complexity index is 950. The van der Waals surface area contributed by atoms with Crippen molar-refractivity contribution >= 4 is 34.8 Å². The van der Waals surface area contributed by atoms with Crippen LogP contribution in [0.1, 0.15) is 29.6 Å². The highest BCUT2D eigenvalue weighted by molar-refractivity contribution is 6.15. The second kappa shape index (κ2) is 7.68. The van der Waals surface area contributed by atoms with E-state index in [4.69, 9.17) is 0 Å². The number of carbonyl (C=O) groups is 3. The second-order valence-corrected chi connectivity index (χ2v) is 7.05. The number of fused-ring (bicyclic) bond motifs is 1. The minimum atomic E-state index is -0.253. The van der Waals surface area contributed by atoms with E-state index in [-0.39, 0.29) is 24.3 Å². The van der Waals surface area contributed by atoms with Crippen molar-refractivity contribution in [1.29, 1.82) is 0 Å². The summed E-state index contributed by atoms with van der Waals surface area (Å²) in [6, 6.07) is 14.0. The topological polar surface area (TPSA) is 78.5 Å². The first-order valence-electron chi connectivity index (χ1n) is 9.37. The molecule has 2 N–H and O–H groups in total. The summed E-state index contributed by atoms with van der Waals surface area (Å²) in [4.78, 5) is 38.5. The number of amides is 3. The maximum absolute atomic E-state index is 12.9. The van der Waals surface area contributed by atoms with E-state index in [0.29, 0.717) is 35.0 Å². The molecule has 2 aromatic carbocycles. The molecule has 3 amide bonds. The van der Waals surface area contributed by atoms with Crippen LogP contribution in [-0.2, 0) is 9.59 Å². The highest BCUT2D eigenvalue weighted by atomic mass is 16.2. The summed E-state index contributed by atoms with van der Waals surface area (Å²) >= 11 is 0. The van der Waals surface area contributed by atoms with Gasteiger partial charge in [-0.05, 0) is 55.2 Å². The molecule has 0 bridgehead atoms. The molecule has 2 aromatic rings. The molecule has 0 saturated carbocycles. The van der Waals surface area contributed by atoms with Crippen LogP contribution in [0.4, 0.5) is 17.1 Å². The summed E-state index contributed by atoms with van der Waals surface area (Å²) < 4.78 is 0. The number of benzene rings is 2. The molecule has 28 heavy (non-hydrogen) atoms. The first-order chi connectivity index (χ1) is 13.6. The third kappa shape index (κ3) is 3.81. The van der Waals surface area contributed by atoms with E-state index in [1.165, 1.54) is 4.90 Å². The van der Waals surface area contributed by atoms with Crippen molar-refractivity contribution in [1.82, 2.24) is 0 Å². The SMILES string of the molecule is O=C(CC1C=CCC1)Nc1ccc(C(=O)N2CC(=O)Nc3ccccc32)cc1. The number of rotatable bonds is 4. The fourth-order valence-electron chi connectivity index (χ4n) is 3.58. The van der Waals surface area contributed by atoms with Crippen LogP contribution in [-0.4, -0.2) is 24.3 Å². The van der Waals surface area contributed by atoms with Gasteiger partial charge < -0.3 is 10.6 Å². The third-order valence-electron chi connectivity index (χ3n) is 4.99. The van der Waals surface area contributed by atoms with E-state index < -0.39 is 0 Å².